The Hall–Kier alpha value is -1.98. The molecule has 0 bridgehead atoms. The second-order valence-electron chi connectivity index (χ2n) is 4.95. The van der Waals surface area contributed by atoms with Gasteiger partial charge in [0.05, 0.1) is 18.2 Å². The number of hydrogen-bond donors (Lipinski definition) is 3. The standard InChI is InChI=1S/C13H18N5O3P/c1-3-4-10(22(19,20)21)5-9(2)6-18-8-17-11-12(14)15-7-16-13(11)18/h7-8H,3-4,6H2,1-2H3,(H2,14,15,16)(H2,19,20,21). The summed E-state index contributed by atoms with van der Waals surface area (Å²) in [7, 11) is -4.28. The van der Waals surface area contributed by atoms with Crippen LogP contribution in [0, 0.1) is 0 Å². The third-order valence-corrected chi connectivity index (χ3v) is 4.07. The van der Waals surface area contributed by atoms with Crippen molar-refractivity contribution in [2.75, 3.05) is 5.73 Å². The van der Waals surface area contributed by atoms with Gasteiger partial charge in [-0.25, -0.2) is 15.0 Å². The first-order valence-corrected chi connectivity index (χ1v) is 8.36. The van der Waals surface area contributed by atoms with E-state index in [1.807, 2.05) is 6.92 Å². The zero-order valence-corrected chi connectivity index (χ0v) is 13.3. The summed E-state index contributed by atoms with van der Waals surface area (Å²) in [6.07, 6.45) is 3.86. The fourth-order valence-electron chi connectivity index (χ4n) is 2.07. The molecule has 0 amide bonds. The number of anilines is 1. The van der Waals surface area contributed by atoms with E-state index < -0.39 is 7.60 Å². The molecule has 2 aromatic rings. The predicted octanol–water partition coefficient (Wildman–Crippen LogP) is 1.82. The molecular formula is C13H18N5O3P. The minimum absolute atomic E-state index is 0.0195. The van der Waals surface area contributed by atoms with E-state index in [2.05, 4.69) is 20.7 Å². The van der Waals surface area contributed by atoms with Gasteiger partial charge in [0, 0.05) is 0 Å². The molecule has 0 spiro atoms. The fourth-order valence-corrected chi connectivity index (χ4v) is 2.92. The van der Waals surface area contributed by atoms with E-state index in [0.717, 1.165) is 0 Å². The summed E-state index contributed by atoms with van der Waals surface area (Å²) in [5, 5.41) is 0.0195. The summed E-state index contributed by atoms with van der Waals surface area (Å²) >= 11 is 0. The van der Waals surface area contributed by atoms with Crippen molar-refractivity contribution in [2.45, 2.75) is 33.2 Å². The Labute approximate surface area is 127 Å². The molecule has 0 saturated carbocycles. The highest BCUT2D eigenvalue weighted by molar-refractivity contribution is 7.56. The lowest BCUT2D eigenvalue weighted by Crippen LogP contribution is -2.00. The molecule has 118 valence electrons. The Balaban J connectivity index is 2.41. The number of nitrogens with two attached hydrogens (primary N) is 1. The molecule has 0 unspecified atom stereocenters. The molecule has 2 aromatic heterocycles. The van der Waals surface area contributed by atoms with Crippen LogP contribution in [0.4, 0.5) is 5.82 Å². The smallest absolute Gasteiger partial charge is 0.359 e. The topological polar surface area (TPSA) is 127 Å². The quantitative estimate of drug-likeness (QED) is 0.565. The van der Waals surface area contributed by atoms with E-state index in [-0.39, 0.29) is 5.31 Å². The van der Waals surface area contributed by atoms with E-state index in [0.29, 0.717) is 41.9 Å². The van der Waals surface area contributed by atoms with Gasteiger partial charge in [0.2, 0.25) is 0 Å². The molecule has 2 heterocycles. The SMILES string of the molecule is CCCC(=C=C(C)Cn1cnc2c(N)ncnc21)P(=O)(O)O. The lowest BCUT2D eigenvalue weighted by Gasteiger charge is -2.07. The molecule has 2 rings (SSSR count). The van der Waals surface area contributed by atoms with Gasteiger partial charge in [0.25, 0.3) is 0 Å². The van der Waals surface area contributed by atoms with Crippen LogP contribution in [0.1, 0.15) is 26.7 Å². The Morgan fingerprint density at radius 2 is 2.14 bits per heavy atom. The van der Waals surface area contributed by atoms with Crippen molar-refractivity contribution in [2.24, 2.45) is 0 Å². The number of nitrogens with zero attached hydrogens (tertiary/aromatic N) is 4. The third kappa shape index (κ3) is 3.61. The maximum absolute atomic E-state index is 11.4. The maximum atomic E-state index is 11.4. The molecule has 0 aromatic carbocycles. The van der Waals surface area contributed by atoms with E-state index in [1.165, 1.54) is 6.33 Å². The number of hydrogen-bond acceptors (Lipinski definition) is 5. The van der Waals surface area contributed by atoms with Crippen molar-refractivity contribution in [3.05, 3.63) is 29.3 Å². The lowest BCUT2D eigenvalue weighted by molar-refractivity contribution is 0.380. The minimum atomic E-state index is -4.28. The zero-order chi connectivity index (χ0) is 16.3. The number of fused-ring (bicyclic) bond motifs is 1. The average Bonchev–Trinajstić information content (AvgIpc) is 2.82. The van der Waals surface area contributed by atoms with Gasteiger partial charge in [0.1, 0.15) is 11.8 Å². The van der Waals surface area contributed by atoms with Gasteiger partial charge in [-0.15, -0.1) is 5.73 Å². The molecule has 0 aliphatic carbocycles. The van der Waals surface area contributed by atoms with Crippen LogP contribution < -0.4 is 5.73 Å². The van der Waals surface area contributed by atoms with Crippen molar-refractivity contribution < 1.29 is 14.4 Å². The Morgan fingerprint density at radius 3 is 2.77 bits per heavy atom. The molecule has 8 nitrogen and oxygen atoms in total. The van der Waals surface area contributed by atoms with Gasteiger partial charge >= 0.3 is 7.60 Å². The lowest BCUT2D eigenvalue weighted by atomic mass is 10.2. The van der Waals surface area contributed by atoms with Crippen LogP contribution in [0.3, 0.4) is 0 Å². The van der Waals surface area contributed by atoms with Gasteiger partial charge in [-0.1, -0.05) is 13.3 Å². The predicted molar refractivity (Wildman–Crippen MR) is 82.9 cm³/mol. The van der Waals surface area contributed by atoms with Gasteiger partial charge in [-0.3, -0.25) is 4.57 Å². The van der Waals surface area contributed by atoms with Gasteiger partial charge in [0.15, 0.2) is 11.5 Å². The molecule has 0 aliphatic rings. The van der Waals surface area contributed by atoms with Crippen molar-refractivity contribution >= 4 is 24.6 Å². The molecule has 22 heavy (non-hydrogen) atoms. The molecule has 0 fully saturated rings. The van der Waals surface area contributed by atoms with Crippen LogP contribution in [0.15, 0.2) is 29.3 Å². The highest BCUT2D eigenvalue weighted by Gasteiger charge is 2.19. The van der Waals surface area contributed by atoms with Crippen molar-refractivity contribution in [1.29, 1.82) is 0 Å². The van der Waals surface area contributed by atoms with Gasteiger partial charge < -0.3 is 20.1 Å². The van der Waals surface area contributed by atoms with Crippen LogP contribution in [-0.2, 0) is 11.1 Å². The molecule has 0 radical (unpaired) electrons. The van der Waals surface area contributed by atoms with E-state index in [1.54, 1.807) is 17.8 Å². The Morgan fingerprint density at radius 1 is 1.41 bits per heavy atom. The van der Waals surface area contributed by atoms with Crippen LogP contribution in [-0.4, -0.2) is 29.3 Å². The first kappa shape index (κ1) is 16.4. The molecule has 9 heteroatoms. The monoisotopic (exact) mass is 323 g/mol. The molecule has 0 aliphatic heterocycles. The first-order chi connectivity index (χ1) is 10.3. The number of rotatable bonds is 5. The molecule has 4 N–H and O–H groups in total. The third-order valence-electron chi connectivity index (χ3n) is 3.03. The van der Waals surface area contributed by atoms with E-state index >= 15 is 0 Å². The summed E-state index contributed by atoms with van der Waals surface area (Å²) in [5.74, 6) is 0.294. The highest BCUT2D eigenvalue weighted by Crippen LogP contribution is 2.46. The fraction of sp³-hybridized carbons (Fsp3) is 0.385. The summed E-state index contributed by atoms with van der Waals surface area (Å²) in [6, 6.07) is 0. The molecule has 0 saturated heterocycles. The average molecular weight is 323 g/mol. The second-order valence-corrected chi connectivity index (χ2v) is 6.58. The number of allylic oxidation sites excluding steroid dienone is 1. The largest absolute Gasteiger partial charge is 0.382 e. The molecule has 0 atom stereocenters. The van der Waals surface area contributed by atoms with Crippen LogP contribution in [0.25, 0.3) is 11.2 Å². The summed E-state index contributed by atoms with van der Waals surface area (Å²) < 4.78 is 13.2. The van der Waals surface area contributed by atoms with Crippen LogP contribution >= 0.6 is 7.60 Å². The first-order valence-electron chi connectivity index (χ1n) is 6.75. The van der Waals surface area contributed by atoms with Gasteiger partial charge in [-0.2, -0.15) is 0 Å². The molecular weight excluding hydrogens is 305 g/mol. The van der Waals surface area contributed by atoms with Crippen LogP contribution in [0.2, 0.25) is 0 Å². The van der Waals surface area contributed by atoms with E-state index in [4.69, 9.17) is 5.73 Å². The van der Waals surface area contributed by atoms with Crippen molar-refractivity contribution in [3.8, 4) is 0 Å². The number of aromatic nitrogens is 4. The normalized spacial score (nSPS) is 11.5. The van der Waals surface area contributed by atoms with Gasteiger partial charge in [-0.05, 0) is 18.9 Å². The zero-order valence-electron chi connectivity index (χ0n) is 12.4. The maximum Gasteiger partial charge on any atom is 0.359 e. The van der Waals surface area contributed by atoms with E-state index in [9.17, 15) is 14.4 Å². The summed E-state index contributed by atoms with van der Waals surface area (Å²) in [6.45, 7) is 3.97. The Bertz CT molecular complexity index is 801. The van der Waals surface area contributed by atoms with Crippen LogP contribution in [0.5, 0.6) is 0 Å². The summed E-state index contributed by atoms with van der Waals surface area (Å²) in [4.78, 5) is 30.8. The minimum Gasteiger partial charge on any atom is -0.382 e. The van der Waals surface area contributed by atoms with Crippen molar-refractivity contribution in [1.82, 2.24) is 19.5 Å². The van der Waals surface area contributed by atoms with Crippen molar-refractivity contribution in [3.63, 3.8) is 0 Å². The summed E-state index contributed by atoms with van der Waals surface area (Å²) in [5.41, 5.74) is 10.3. The number of nitrogen functional groups attached to an aromatic ring is 1. The number of imidazole rings is 1. The highest BCUT2D eigenvalue weighted by atomic mass is 31.2. The second kappa shape index (κ2) is 6.42. The Kier molecular flexibility index (Phi) is 4.78.